The number of ether oxygens (including phenoxy) is 1. The first-order valence-electron chi connectivity index (χ1n) is 8.87. The molecule has 2 heterocycles. The van der Waals surface area contributed by atoms with E-state index in [1.54, 1.807) is 12.1 Å². The van der Waals surface area contributed by atoms with Crippen LogP contribution in [0.1, 0.15) is 23.0 Å². The van der Waals surface area contributed by atoms with Crippen molar-refractivity contribution in [1.82, 2.24) is 14.9 Å². The first-order valence-corrected chi connectivity index (χ1v) is 8.87. The Bertz CT molecular complexity index is 755. The van der Waals surface area contributed by atoms with Crippen LogP contribution in [-0.2, 0) is 4.74 Å². The van der Waals surface area contributed by atoms with Crippen molar-refractivity contribution in [2.75, 3.05) is 50.1 Å². The highest BCUT2D eigenvalue weighted by Crippen LogP contribution is 2.20. The molecule has 7 nitrogen and oxygen atoms in total. The SMILES string of the molecule is CCN1CCN(c2cc(C)nc(Nc3ccc(C(=O)OC)cc3)n2)CC1. The van der Waals surface area contributed by atoms with Crippen molar-refractivity contribution < 1.29 is 9.53 Å². The number of carbonyl (C=O) groups is 1. The van der Waals surface area contributed by atoms with Gasteiger partial charge in [-0.05, 0) is 37.7 Å². The van der Waals surface area contributed by atoms with Crippen molar-refractivity contribution in [3.63, 3.8) is 0 Å². The summed E-state index contributed by atoms with van der Waals surface area (Å²) in [4.78, 5) is 25.4. The largest absolute Gasteiger partial charge is 0.465 e. The fourth-order valence-corrected chi connectivity index (χ4v) is 3.00. The van der Waals surface area contributed by atoms with Crippen LogP contribution in [0.15, 0.2) is 30.3 Å². The second-order valence-corrected chi connectivity index (χ2v) is 6.31. The van der Waals surface area contributed by atoms with E-state index in [1.807, 2.05) is 25.1 Å². The number of aromatic nitrogens is 2. The summed E-state index contributed by atoms with van der Waals surface area (Å²) in [7, 11) is 1.37. The first-order chi connectivity index (χ1) is 12.6. The number of anilines is 3. The highest BCUT2D eigenvalue weighted by Gasteiger charge is 2.18. The summed E-state index contributed by atoms with van der Waals surface area (Å²) in [6.45, 7) is 9.30. The van der Waals surface area contributed by atoms with Crippen molar-refractivity contribution >= 4 is 23.4 Å². The molecule has 0 spiro atoms. The average molecular weight is 355 g/mol. The van der Waals surface area contributed by atoms with E-state index in [0.29, 0.717) is 11.5 Å². The Morgan fingerprint density at radius 2 is 1.85 bits per heavy atom. The highest BCUT2D eigenvalue weighted by molar-refractivity contribution is 5.89. The lowest BCUT2D eigenvalue weighted by molar-refractivity contribution is 0.0601. The fourth-order valence-electron chi connectivity index (χ4n) is 3.00. The summed E-state index contributed by atoms with van der Waals surface area (Å²) >= 11 is 0. The Kier molecular flexibility index (Phi) is 5.68. The second-order valence-electron chi connectivity index (χ2n) is 6.31. The molecule has 1 N–H and O–H groups in total. The summed E-state index contributed by atoms with van der Waals surface area (Å²) < 4.78 is 4.72. The van der Waals surface area contributed by atoms with Gasteiger partial charge in [0.2, 0.25) is 5.95 Å². The van der Waals surface area contributed by atoms with E-state index in [0.717, 1.165) is 49.9 Å². The number of methoxy groups -OCH3 is 1. The summed E-state index contributed by atoms with van der Waals surface area (Å²) in [5.74, 6) is 1.16. The lowest BCUT2D eigenvalue weighted by Gasteiger charge is -2.34. The molecule has 1 aromatic carbocycles. The predicted octanol–water partition coefficient (Wildman–Crippen LogP) is 2.46. The molecule has 0 bridgehead atoms. The molecule has 7 heteroatoms. The lowest BCUT2D eigenvalue weighted by atomic mass is 10.2. The number of piperazine rings is 1. The number of aryl methyl sites for hydroxylation is 1. The van der Waals surface area contributed by atoms with Crippen LogP contribution >= 0.6 is 0 Å². The van der Waals surface area contributed by atoms with Gasteiger partial charge in [-0.25, -0.2) is 9.78 Å². The van der Waals surface area contributed by atoms with E-state index >= 15 is 0 Å². The van der Waals surface area contributed by atoms with Gasteiger partial charge in [-0.3, -0.25) is 0 Å². The molecule has 0 atom stereocenters. The lowest BCUT2D eigenvalue weighted by Crippen LogP contribution is -2.46. The zero-order chi connectivity index (χ0) is 18.5. The van der Waals surface area contributed by atoms with Gasteiger partial charge in [0.25, 0.3) is 0 Å². The number of nitrogens with one attached hydrogen (secondary N) is 1. The van der Waals surface area contributed by atoms with Crippen LogP contribution in [0.25, 0.3) is 0 Å². The van der Waals surface area contributed by atoms with E-state index in [4.69, 9.17) is 4.74 Å². The number of benzene rings is 1. The molecule has 1 fully saturated rings. The van der Waals surface area contributed by atoms with Crippen molar-refractivity contribution in [3.05, 3.63) is 41.6 Å². The number of carbonyl (C=O) groups excluding carboxylic acids is 1. The molecule has 3 rings (SSSR count). The third-order valence-corrected chi connectivity index (χ3v) is 4.55. The van der Waals surface area contributed by atoms with Gasteiger partial charge < -0.3 is 19.9 Å². The maximum absolute atomic E-state index is 11.5. The van der Waals surface area contributed by atoms with E-state index in [-0.39, 0.29) is 5.97 Å². The van der Waals surface area contributed by atoms with Gasteiger partial charge in [0.05, 0.1) is 12.7 Å². The van der Waals surface area contributed by atoms with Crippen LogP contribution < -0.4 is 10.2 Å². The summed E-state index contributed by atoms with van der Waals surface area (Å²) in [6, 6.07) is 9.09. The molecule has 0 aliphatic carbocycles. The van der Waals surface area contributed by atoms with E-state index in [1.165, 1.54) is 7.11 Å². The molecule has 0 unspecified atom stereocenters. The standard InChI is InChI=1S/C19H25N5O2/c1-4-23-9-11-24(12-10-23)17-13-14(2)20-19(22-17)21-16-7-5-15(6-8-16)18(25)26-3/h5-8,13H,4,9-12H2,1-3H3,(H,20,21,22). The maximum atomic E-state index is 11.5. The molecule has 1 saturated heterocycles. The van der Waals surface area contributed by atoms with Gasteiger partial charge in [0.15, 0.2) is 0 Å². The van der Waals surface area contributed by atoms with Gasteiger partial charge >= 0.3 is 5.97 Å². The molecule has 1 aromatic heterocycles. The van der Waals surface area contributed by atoms with Gasteiger partial charge in [0, 0.05) is 43.6 Å². The van der Waals surface area contributed by atoms with E-state index < -0.39 is 0 Å². The molecular formula is C19H25N5O2. The van der Waals surface area contributed by atoms with Crippen LogP contribution in [0, 0.1) is 6.92 Å². The number of hydrogen-bond donors (Lipinski definition) is 1. The molecule has 138 valence electrons. The Morgan fingerprint density at radius 1 is 1.15 bits per heavy atom. The summed E-state index contributed by atoms with van der Waals surface area (Å²) in [5.41, 5.74) is 2.25. The van der Waals surface area contributed by atoms with Crippen molar-refractivity contribution in [1.29, 1.82) is 0 Å². The topological polar surface area (TPSA) is 70.6 Å². The Morgan fingerprint density at radius 3 is 2.46 bits per heavy atom. The third-order valence-electron chi connectivity index (χ3n) is 4.55. The van der Waals surface area contributed by atoms with Crippen LogP contribution in [-0.4, -0.2) is 60.7 Å². The molecule has 1 aliphatic rings. The molecule has 0 amide bonds. The zero-order valence-corrected chi connectivity index (χ0v) is 15.5. The van der Waals surface area contributed by atoms with Crippen LogP contribution in [0.2, 0.25) is 0 Å². The summed E-state index contributed by atoms with van der Waals surface area (Å²) in [5, 5.41) is 3.22. The normalized spacial score (nSPS) is 15.0. The minimum Gasteiger partial charge on any atom is -0.465 e. The monoisotopic (exact) mass is 355 g/mol. The fraction of sp³-hybridized carbons (Fsp3) is 0.421. The van der Waals surface area contributed by atoms with Crippen molar-refractivity contribution in [2.24, 2.45) is 0 Å². The van der Waals surface area contributed by atoms with Gasteiger partial charge in [-0.2, -0.15) is 4.98 Å². The number of hydrogen-bond acceptors (Lipinski definition) is 7. The molecule has 0 radical (unpaired) electrons. The number of rotatable bonds is 5. The van der Waals surface area contributed by atoms with Crippen LogP contribution in [0.3, 0.4) is 0 Å². The smallest absolute Gasteiger partial charge is 0.337 e. The molecule has 1 aliphatic heterocycles. The molecular weight excluding hydrogens is 330 g/mol. The van der Waals surface area contributed by atoms with E-state index in [9.17, 15) is 4.79 Å². The third kappa shape index (κ3) is 4.29. The van der Waals surface area contributed by atoms with Gasteiger partial charge in [-0.15, -0.1) is 0 Å². The molecule has 26 heavy (non-hydrogen) atoms. The minimum absolute atomic E-state index is 0.350. The minimum atomic E-state index is -0.350. The predicted molar refractivity (Wildman–Crippen MR) is 102 cm³/mol. The second kappa shape index (κ2) is 8.14. The van der Waals surface area contributed by atoms with E-state index in [2.05, 4.69) is 32.0 Å². The number of nitrogens with zero attached hydrogens (tertiary/aromatic N) is 4. The Labute approximate surface area is 154 Å². The summed E-state index contributed by atoms with van der Waals surface area (Å²) in [6.07, 6.45) is 0. The Hall–Kier alpha value is -2.67. The molecule has 2 aromatic rings. The van der Waals surface area contributed by atoms with Crippen molar-refractivity contribution in [2.45, 2.75) is 13.8 Å². The average Bonchev–Trinajstić information content (AvgIpc) is 2.67. The number of esters is 1. The Balaban J connectivity index is 1.72. The quantitative estimate of drug-likeness (QED) is 0.826. The van der Waals surface area contributed by atoms with Crippen LogP contribution in [0.4, 0.5) is 17.5 Å². The van der Waals surface area contributed by atoms with Gasteiger partial charge in [0.1, 0.15) is 5.82 Å². The number of likely N-dealkylation sites (N-methyl/N-ethyl adjacent to an activating group) is 1. The highest BCUT2D eigenvalue weighted by atomic mass is 16.5. The molecule has 0 saturated carbocycles. The van der Waals surface area contributed by atoms with Crippen molar-refractivity contribution in [3.8, 4) is 0 Å². The van der Waals surface area contributed by atoms with Gasteiger partial charge in [-0.1, -0.05) is 6.92 Å². The maximum Gasteiger partial charge on any atom is 0.337 e. The first kappa shape index (κ1) is 18.1. The zero-order valence-electron chi connectivity index (χ0n) is 15.5. The van der Waals surface area contributed by atoms with Crippen LogP contribution in [0.5, 0.6) is 0 Å².